The molecule has 2 aliphatic rings. The summed E-state index contributed by atoms with van der Waals surface area (Å²) in [6.45, 7) is 11.9. The first-order valence-corrected chi connectivity index (χ1v) is 15.4. The van der Waals surface area contributed by atoms with Crippen molar-refractivity contribution in [2.45, 2.75) is 59.8 Å². The number of nitrogens with one attached hydrogen (secondary N) is 1. The van der Waals surface area contributed by atoms with E-state index in [1.165, 1.54) is 12.1 Å². The number of hydrogen-bond donors (Lipinski definition) is 4. The van der Waals surface area contributed by atoms with E-state index in [2.05, 4.69) is 23.9 Å². The Labute approximate surface area is 213 Å². The molecule has 12 heteroatoms. The van der Waals surface area contributed by atoms with Gasteiger partial charge in [0, 0.05) is 12.7 Å². The van der Waals surface area contributed by atoms with Gasteiger partial charge in [-0.15, -0.1) is 0 Å². The van der Waals surface area contributed by atoms with Gasteiger partial charge in [-0.1, -0.05) is 47.6 Å². The van der Waals surface area contributed by atoms with Crippen LogP contribution in [0.1, 0.15) is 53.5 Å². The Kier molecular flexibility index (Phi) is 7.56. The first-order valence-electron chi connectivity index (χ1n) is 11.9. The highest BCUT2D eigenvalue weighted by Crippen LogP contribution is 2.51. The van der Waals surface area contributed by atoms with Crippen molar-refractivity contribution in [3.63, 3.8) is 0 Å². The van der Waals surface area contributed by atoms with Crippen molar-refractivity contribution in [1.82, 2.24) is 4.90 Å². The molecule has 0 radical (unpaired) electrons. The Hall–Kier alpha value is -2.20. The Balaban J connectivity index is 2.13. The maximum atomic E-state index is 14.0. The molecule has 2 heterocycles. The summed E-state index contributed by atoms with van der Waals surface area (Å²) in [5, 5.41) is 29.4. The molecule has 0 spiro atoms. The van der Waals surface area contributed by atoms with Crippen molar-refractivity contribution in [1.29, 1.82) is 0 Å². The number of fused-ring (bicyclic) bond motifs is 1. The molecule has 1 aromatic rings. The van der Waals surface area contributed by atoms with Crippen LogP contribution in [0.5, 0.6) is 0 Å². The highest BCUT2D eigenvalue weighted by molar-refractivity contribution is 7.88. The van der Waals surface area contributed by atoms with Crippen LogP contribution in [0.3, 0.4) is 0 Å². The van der Waals surface area contributed by atoms with E-state index in [9.17, 15) is 28.0 Å². The minimum atomic E-state index is -3.82. The van der Waals surface area contributed by atoms with E-state index in [0.29, 0.717) is 17.8 Å². The monoisotopic (exact) mass is 540 g/mol. The average Bonchev–Trinajstić information content (AvgIpc) is 2.96. The van der Waals surface area contributed by atoms with E-state index >= 15 is 0 Å². The minimum absolute atomic E-state index is 0.0213. The summed E-state index contributed by atoms with van der Waals surface area (Å²) in [4.78, 5) is 15.4. The molecule has 0 saturated heterocycles. The number of rotatable bonds is 8. The smallest absolute Gasteiger partial charge is 0.261 e. The zero-order valence-corrected chi connectivity index (χ0v) is 23.4. The van der Waals surface area contributed by atoms with Crippen LogP contribution in [-0.4, -0.2) is 60.6 Å². The van der Waals surface area contributed by atoms with Crippen molar-refractivity contribution in [3.8, 4) is 0 Å². The van der Waals surface area contributed by atoms with Gasteiger partial charge in [-0.05, 0) is 34.9 Å². The molecule has 0 aromatic heterocycles. The maximum Gasteiger partial charge on any atom is 0.261 e. The number of amidine groups is 1. The average molecular weight is 541 g/mol. The predicted octanol–water partition coefficient (Wildman–Crippen LogP) is 2.70. The van der Waals surface area contributed by atoms with Gasteiger partial charge in [-0.25, -0.2) is 18.3 Å². The lowest BCUT2D eigenvalue weighted by molar-refractivity contribution is -0.130. The number of hydrogen-bond acceptors (Lipinski definition) is 7. The van der Waals surface area contributed by atoms with E-state index in [-0.39, 0.29) is 34.0 Å². The van der Waals surface area contributed by atoms with Gasteiger partial charge in [0.2, 0.25) is 17.3 Å². The molecule has 1 unspecified atom stereocenters. The van der Waals surface area contributed by atoms with E-state index in [0.717, 1.165) is 6.42 Å². The Morgan fingerprint density at radius 3 is 2.39 bits per heavy atom. The number of nitrogens with zero attached hydrogens (tertiary/aromatic N) is 2. The first-order chi connectivity index (χ1) is 16.4. The summed E-state index contributed by atoms with van der Waals surface area (Å²) in [5.41, 5.74) is -0.0398. The fourth-order valence-electron chi connectivity index (χ4n) is 4.57. The van der Waals surface area contributed by atoms with Crippen LogP contribution in [0.4, 0.5) is 5.69 Å². The van der Waals surface area contributed by atoms with Crippen LogP contribution in [0.25, 0.3) is 0 Å². The third-order valence-corrected chi connectivity index (χ3v) is 9.83. The van der Waals surface area contributed by atoms with Crippen molar-refractivity contribution in [2.24, 2.45) is 20.7 Å². The lowest BCUT2D eigenvalue weighted by atomic mass is 9.83. The van der Waals surface area contributed by atoms with Crippen LogP contribution < -0.4 is 15.8 Å². The number of carbonyl (C=O) groups excluding carboxylic acids is 1. The number of aliphatic hydroxyl groups excluding tert-OH is 2. The largest absolute Gasteiger partial charge is 0.509 e. The number of sulfonamides is 1. The van der Waals surface area contributed by atoms with Gasteiger partial charge in [0.05, 0.1) is 29.4 Å². The van der Waals surface area contributed by atoms with Gasteiger partial charge in [0.15, 0.2) is 0 Å². The summed E-state index contributed by atoms with van der Waals surface area (Å²) in [6.07, 6.45) is 0.615. The van der Waals surface area contributed by atoms with Crippen molar-refractivity contribution < 1.29 is 28.0 Å². The summed E-state index contributed by atoms with van der Waals surface area (Å²) < 4.78 is 41.5. The maximum absolute atomic E-state index is 14.0. The van der Waals surface area contributed by atoms with Crippen LogP contribution >= 0.6 is 7.29 Å². The lowest BCUT2D eigenvalue weighted by Crippen LogP contribution is -2.48. The molecule has 5 N–H and O–H groups in total. The number of amides is 1. The molecular formula is C24H37N4O6PS. The second kappa shape index (κ2) is 9.59. The quantitative estimate of drug-likeness (QED) is 0.368. The summed E-state index contributed by atoms with van der Waals surface area (Å²) >= 11 is 0. The topological polar surface area (TPSA) is 162 Å². The van der Waals surface area contributed by atoms with Crippen LogP contribution in [0.15, 0.2) is 34.3 Å². The summed E-state index contributed by atoms with van der Waals surface area (Å²) in [6, 6.07) is 3.92. The molecule has 0 aliphatic carbocycles. The molecule has 0 saturated carbocycles. The van der Waals surface area contributed by atoms with Crippen LogP contribution in [-0.2, 0) is 25.1 Å². The zero-order chi connectivity index (χ0) is 27.3. The number of carbonyl (C=O) groups is 1. The molecule has 1 aromatic carbocycles. The third kappa shape index (κ3) is 5.69. The normalized spacial score (nSPS) is 23.0. The highest BCUT2D eigenvalue weighted by Gasteiger charge is 2.49. The predicted molar refractivity (Wildman–Crippen MR) is 142 cm³/mol. The number of nitrogens with two attached hydrogens (primary N) is 1. The van der Waals surface area contributed by atoms with Crippen molar-refractivity contribution in [2.75, 3.05) is 24.6 Å². The fraction of sp³-hybridized carbons (Fsp3) is 0.583. The molecular weight excluding hydrogens is 503 g/mol. The molecule has 1 amide bonds. The zero-order valence-electron chi connectivity index (χ0n) is 21.7. The standard InChI is InChI=1S/C24H37N4O6PS/c1-7-24(5,6)14-28-20(23(2,3)4)19(30)18(22(28)31)21-26-16-9-8-15(13-36(25,33)34)12-17(16)35(32,27-21)11-10-29/h8-9,12,20,29-30H,7,10-11,13-14H2,1-6H3,(H2,25,33,34)(H,26,27,32)/t20?,35-/m0/s1. The van der Waals surface area contributed by atoms with Gasteiger partial charge < -0.3 is 20.4 Å². The first kappa shape index (κ1) is 28.4. The van der Waals surface area contributed by atoms with Gasteiger partial charge in [-0.2, -0.15) is 0 Å². The molecule has 200 valence electrons. The lowest BCUT2D eigenvalue weighted by Gasteiger charge is -2.39. The van der Waals surface area contributed by atoms with E-state index in [1.54, 1.807) is 11.0 Å². The second-order valence-electron chi connectivity index (χ2n) is 11.4. The minimum Gasteiger partial charge on any atom is -0.509 e. The van der Waals surface area contributed by atoms with Crippen LogP contribution in [0, 0.1) is 10.8 Å². The van der Waals surface area contributed by atoms with Crippen LogP contribution in [0.2, 0.25) is 0 Å². The van der Waals surface area contributed by atoms with Gasteiger partial charge in [0.1, 0.15) is 17.2 Å². The number of primary sulfonamides is 1. The van der Waals surface area contributed by atoms with Gasteiger partial charge >= 0.3 is 0 Å². The van der Waals surface area contributed by atoms with Gasteiger partial charge in [0.25, 0.3) is 5.91 Å². The highest BCUT2D eigenvalue weighted by atomic mass is 32.2. The molecule has 0 fully saturated rings. The molecule has 0 bridgehead atoms. The van der Waals surface area contributed by atoms with E-state index < -0.39 is 47.0 Å². The Morgan fingerprint density at radius 2 is 1.86 bits per heavy atom. The molecule has 3 rings (SSSR count). The van der Waals surface area contributed by atoms with E-state index in [1.807, 2.05) is 27.7 Å². The van der Waals surface area contributed by atoms with Crippen molar-refractivity contribution in [3.05, 3.63) is 35.1 Å². The van der Waals surface area contributed by atoms with Crippen molar-refractivity contribution >= 4 is 40.1 Å². The van der Waals surface area contributed by atoms with E-state index in [4.69, 9.17) is 5.14 Å². The molecule has 2 atom stereocenters. The number of aliphatic hydroxyl groups is 2. The third-order valence-electron chi connectivity index (χ3n) is 6.64. The Morgan fingerprint density at radius 1 is 1.22 bits per heavy atom. The summed E-state index contributed by atoms with van der Waals surface area (Å²) in [7, 11) is -7.48. The molecule has 2 aliphatic heterocycles. The Bertz CT molecular complexity index is 1280. The second-order valence-corrected chi connectivity index (χ2v) is 15.5. The SMILES string of the molecule is CCC(C)(C)CN1C(=O)C(C2=N[P@](=O)(CCO)c3cc(CS(N)(=O)=O)ccc3N2)=C(O)C1C(C)(C)C. The summed E-state index contributed by atoms with van der Waals surface area (Å²) in [5.74, 6) is -1.02. The fourth-order valence-corrected chi connectivity index (χ4v) is 7.28. The van der Waals surface area contributed by atoms with Gasteiger partial charge in [-0.3, -0.25) is 9.36 Å². The molecule has 10 nitrogen and oxygen atoms in total. The number of benzene rings is 1. The molecule has 36 heavy (non-hydrogen) atoms. The number of anilines is 1.